The Labute approximate surface area is 114 Å². The van der Waals surface area contributed by atoms with Gasteiger partial charge in [0.1, 0.15) is 0 Å². The third-order valence-electron chi connectivity index (χ3n) is 1.18. The zero-order valence-corrected chi connectivity index (χ0v) is 9.69. The molecular formula is C4H3KN3O5. The molecule has 9 heteroatoms. The second-order valence-corrected chi connectivity index (χ2v) is 2.00. The van der Waals surface area contributed by atoms with Crippen molar-refractivity contribution in [3.05, 3.63) is 10.1 Å². The van der Waals surface area contributed by atoms with Crippen molar-refractivity contribution in [2.24, 2.45) is 0 Å². The van der Waals surface area contributed by atoms with Crippen LogP contribution in [0.2, 0.25) is 0 Å². The van der Waals surface area contributed by atoms with E-state index in [0.29, 0.717) is 0 Å². The predicted molar refractivity (Wildman–Crippen MR) is 38.2 cm³/mol. The number of nitrogens with zero attached hydrogens (tertiary/aromatic N) is 1. The molecule has 0 spiro atoms. The molecule has 0 atom stereocenters. The molecule has 0 aliphatic carbocycles. The summed E-state index contributed by atoms with van der Waals surface area (Å²) in [7, 11) is 0. The number of imide groups is 2. The molecule has 65 valence electrons. The molecule has 0 unspecified atom stereocenters. The summed E-state index contributed by atoms with van der Waals surface area (Å²) in [5, 5.41) is 13.2. The molecule has 1 saturated heterocycles. The summed E-state index contributed by atoms with van der Waals surface area (Å²) in [5.41, 5.74) is 0. The Balaban J connectivity index is 0.00000144. The second kappa shape index (κ2) is 4.76. The molecule has 2 N–H and O–H groups in total. The molecule has 1 aliphatic heterocycles. The first kappa shape index (κ1) is 12.6. The Morgan fingerprint density at radius 3 is 1.85 bits per heavy atom. The Kier molecular flexibility index (Phi) is 4.63. The summed E-state index contributed by atoms with van der Waals surface area (Å²) in [6.07, 6.45) is 0. The van der Waals surface area contributed by atoms with Crippen LogP contribution in [0.1, 0.15) is 0 Å². The number of carbonyl (C=O) groups is 3. The normalized spacial score (nSPS) is 17.1. The predicted octanol–water partition coefficient (Wildman–Crippen LogP) is -2.38. The minimum Gasteiger partial charge on any atom is -0.271 e. The average molecular weight is 212 g/mol. The monoisotopic (exact) mass is 212 g/mol. The Morgan fingerprint density at radius 1 is 1.15 bits per heavy atom. The number of hydrogen-bond donors (Lipinski definition) is 2. The zero-order valence-electron chi connectivity index (χ0n) is 6.57. The minimum atomic E-state index is -2.03. The largest absolute Gasteiger partial charge is 0.366 e. The molecule has 4 amide bonds. The molecule has 8 nitrogen and oxygen atoms in total. The quantitative estimate of drug-likeness (QED) is 0.218. The van der Waals surface area contributed by atoms with Crippen LogP contribution >= 0.6 is 0 Å². The van der Waals surface area contributed by atoms with Crippen molar-refractivity contribution in [1.29, 1.82) is 0 Å². The van der Waals surface area contributed by atoms with Crippen molar-refractivity contribution >= 4 is 69.2 Å². The van der Waals surface area contributed by atoms with Gasteiger partial charge in [-0.3, -0.25) is 30.3 Å². The van der Waals surface area contributed by atoms with Gasteiger partial charge in [-0.05, 0) is 0 Å². The van der Waals surface area contributed by atoms with E-state index < -0.39 is 28.8 Å². The van der Waals surface area contributed by atoms with E-state index in [1.807, 2.05) is 0 Å². The summed E-state index contributed by atoms with van der Waals surface area (Å²) in [6.45, 7) is 0. The molecule has 1 heterocycles. The number of nitro groups is 1. The Morgan fingerprint density at radius 2 is 1.54 bits per heavy atom. The van der Waals surface area contributed by atoms with E-state index in [2.05, 4.69) is 0 Å². The van der Waals surface area contributed by atoms with Gasteiger partial charge in [0.25, 0.3) is 0 Å². The minimum absolute atomic E-state index is 0. The first-order valence-electron chi connectivity index (χ1n) is 2.81. The van der Waals surface area contributed by atoms with E-state index in [1.165, 1.54) is 0 Å². The van der Waals surface area contributed by atoms with Crippen LogP contribution in [0.5, 0.6) is 0 Å². The molecule has 0 aromatic carbocycles. The van der Waals surface area contributed by atoms with Crippen molar-refractivity contribution in [3.8, 4) is 0 Å². The Hall–Kier alpha value is -0.354. The average Bonchev–Trinajstić information content (AvgIpc) is 1.82. The SMILES string of the molecule is O=C1NC(=O)C([N+](=O)[O-])C(=O)N1.[K]. The first-order valence-corrected chi connectivity index (χ1v) is 2.81. The van der Waals surface area contributed by atoms with Gasteiger partial charge in [0.05, 0.1) is 0 Å². The van der Waals surface area contributed by atoms with Gasteiger partial charge in [0, 0.05) is 56.3 Å². The van der Waals surface area contributed by atoms with E-state index in [9.17, 15) is 24.5 Å². The fourth-order valence-corrected chi connectivity index (χ4v) is 0.702. The van der Waals surface area contributed by atoms with Crippen molar-refractivity contribution in [3.63, 3.8) is 0 Å². The fourth-order valence-electron chi connectivity index (χ4n) is 0.702. The maximum Gasteiger partial charge on any atom is 0.366 e. The van der Waals surface area contributed by atoms with E-state index in [4.69, 9.17) is 0 Å². The van der Waals surface area contributed by atoms with Crippen LogP contribution in [0.3, 0.4) is 0 Å². The molecule has 1 radical (unpaired) electrons. The van der Waals surface area contributed by atoms with Crippen LogP contribution < -0.4 is 10.6 Å². The van der Waals surface area contributed by atoms with Crippen molar-refractivity contribution < 1.29 is 19.3 Å². The van der Waals surface area contributed by atoms with Crippen LogP contribution in [0, 0.1) is 10.1 Å². The van der Waals surface area contributed by atoms with Crippen LogP contribution in [-0.2, 0) is 9.59 Å². The van der Waals surface area contributed by atoms with Gasteiger partial charge in [-0.15, -0.1) is 0 Å². The molecule has 0 aromatic rings. The van der Waals surface area contributed by atoms with Gasteiger partial charge >= 0.3 is 23.9 Å². The van der Waals surface area contributed by atoms with E-state index >= 15 is 0 Å². The van der Waals surface area contributed by atoms with E-state index in [0.717, 1.165) is 0 Å². The third-order valence-corrected chi connectivity index (χ3v) is 1.18. The van der Waals surface area contributed by atoms with Gasteiger partial charge in [-0.1, -0.05) is 0 Å². The standard InChI is InChI=1S/C4H3N3O5.K/c8-2-1(7(11)12)3(9)6-4(10)5-2;/h1H,(H2,5,6,8,9,10);. The van der Waals surface area contributed by atoms with Gasteiger partial charge in [-0.25, -0.2) is 4.79 Å². The Bertz CT molecular complexity index is 270. The van der Waals surface area contributed by atoms with E-state index in [-0.39, 0.29) is 51.4 Å². The molecular weight excluding hydrogens is 209 g/mol. The second-order valence-electron chi connectivity index (χ2n) is 2.00. The number of amides is 4. The van der Waals surface area contributed by atoms with Crippen LogP contribution in [0.4, 0.5) is 4.79 Å². The van der Waals surface area contributed by atoms with Crippen molar-refractivity contribution in [2.45, 2.75) is 6.04 Å². The number of hydrogen-bond acceptors (Lipinski definition) is 5. The molecule has 1 fully saturated rings. The summed E-state index contributed by atoms with van der Waals surface area (Å²) < 4.78 is 0. The number of rotatable bonds is 1. The molecule has 13 heavy (non-hydrogen) atoms. The summed E-state index contributed by atoms with van der Waals surface area (Å²) in [5.74, 6) is -2.43. The van der Waals surface area contributed by atoms with Gasteiger partial charge in [-0.2, -0.15) is 0 Å². The zero-order chi connectivity index (χ0) is 9.30. The summed E-state index contributed by atoms with van der Waals surface area (Å²) in [6, 6.07) is -3.06. The molecule has 1 aliphatic rings. The fraction of sp³-hybridized carbons (Fsp3) is 0.250. The van der Waals surface area contributed by atoms with Crippen LogP contribution in [0.15, 0.2) is 0 Å². The number of urea groups is 1. The summed E-state index contributed by atoms with van der Waals surface area (Å²) in [4.78, 5) is 40.6. The molecule has 0 saturated carbocycles. The van der Waals surface area contributed by atoms with Crippen LogP contribution in [0.25, 0.3) is 0 Å². The molecule has 1 rings (SSSR count). The molecule has 0 bridgehead atoms. The number of nitrogens with one attached hydrogen (secondary N) is 2. The van der Waals surface area contributed by atoms with Gasteiger partial charge in [0.15, 0.2) is 0 Å². The van der Waals surface area contributed by atoms with E-state index in [1.54, 1.807) is 10.6 Å². The summed E-state index contributed by atoms with van der Waals surface area (Å²) >= 11 is 0. The van der Waals surface area contributed by atoms with Crippen molar-refractivity contribution in [1.82, 2.24) is 10.6 Å². The third kappa shape index (κ3) is 2.81. The smallest absolute Gasteiger partial charge is 0.271 e. The number of carbonyl (C=O) groups excluding carboxylic acids is 3. The van der Waals surface area contributed by atoms with Gasteiger partial charge in [0.2, 0.25) is 0 Å². The van der Waals surface area contributed by atoms with Crippen LogP contribution in [-0.4, -0.2) is 80.2 Å². The van der Waals surface area contributed by atoms with Gasteiger partial charge < -0.3 is 0 Å². The maximum atomic E-state index is 10.6. The maximum absolute atomic E-state index is 10.6. The topological polar surface area (TPSA) is 118 Å². The first-order chi connectivity index (χ1) is 5.52. The van der Waals surface area contributed by atoms with Crippen molar-refractivity contribution in [2.75, 3.05) is 0 Å². The molecule has 0 aromatic heterocycles. The number of barbiturate groups is 1.